The Morgan fingerprint density at radius 2 is 2.06 bits per heavy atom. The van der Waals surface area contributed by atoms with E-state index < -0.39 is 0 Å². The number of carbonyl (C=O) groups excluding carboxylic acids is 1. The summed E-state index contributed by atoms with van der Waals surface area (Å²) in [6, 6.07) is 14.7. The average molecular weight is 452 g/mol. The molecular formula is C22H17N3O4S2. The van der Waals surface area contributed by atoms with Gasteiger partial charge in [-0.25, -0.2) is 4.98 Å². The zero-order valence-corrected chi connectivity index (χ0v) is 18.1. The molecule has 5 rings (SSSR count). The van der Waals surface area contributed by atoms with Crippen molar-refractivity contribution >= 4 is 44.9 Å². The molecule has 0 unspecified atom stereocenters. The second-order valence-corrected chi connectivity index (χ2v) is 8.77. The highest BCUT2D eigenvalue weighted by molar-refractivity contribution is 7.99. The minimum atomic E-state index is -0.209. The SMILES string of the molecule is Cc1cccc(-n2c(SCC(=O)Nc3ccc4c(c3)OCO4)nc3ccsc3c2=O)c1. The topological polar surface area (TPSA) is 82.5 Å². The zero-order chi connectivity index (χ0) is 21.4. The van der Waals surface area contributed by atoms with Crippen LogP contribution >= 0.6 is 23.1 Å². The number of nitrogens with one attached hydrogen (secondary N) is 1. The fourth-order valence-electron chi connectivity index (χ4n) is 3.29. The molecular weight excluding hydrogens is 434 g/mol. The van der Waals surface area contributed by atoms with E-state index in [4.69, 9.17) is 9.47 Å². The van der Waals surface area contributed by atoms with Crippen molar-refractivity contribution in [2.75, 3.05) is 17.9 Å². The average Bonchev–Trinajstić information content (AvgIpc) is 3.41. The van der Waals surface area contributed by atoms with Crippen LogP contribution in [-0.4, -0.2) is 28.0 Å². The van der Waals surface area contributed by atoms with E-state index in [2.05, 4.69) is 10.3 Å². The van der Waals surface area contributed by atoms with E-state index in [9.17, 15) is 9.59 Å². The van der Waals surface area contributed by atoms with E-state index in [0.29, 0.717) is 32.6 Å². The molecule has 0 bridgehead atoms. The third-order valence-electron chi connectivity index (χ3n) is 4.70. The molecule has 31 heavy (non-hydrogen) atoms. The minimum absolute atomic E-state index is 0.0995. The van der Waals surface area contributed by atoms with Crippen LogP contribution in [0.5, 0.6) is 11.5 Å². The Morgan fingerprint density at radius 1 is 1.19 bits per heavy atom. The molecule has 0 spiro atoms. The highest BCUT2D eigenvalue weighted by Gasteiger charge is 2.17. The monoisotopic (exact) mass is 451 g/mol. The number of nitrogens with zero attached hydrogens (tertiary/aromatic N) is 2. The number of thioether (sulfide) groups is 1. The Labute approximate surface area is 185 Å². The predicted molar refractivity (Wildman–Crippen MR) is 122 cm³/mol. The third kappa shape index (κ3) is 3.89. The fraction of sp³-hybridized carbons (Fsp3) is 0.136. The number of amides is 1. The van der Waals surface area contributed by atoms with Crippen molar-refractivity contribution < 1.29 is 14.3 Å². The van der Waals surface area contributed by atoms with Crippen LogP contribution in [0.1, 0.15) is 5.56 Å². The smallest absolute Gasteiger partial charge is 0.276 e. The van der Waals surface area contributed by atoms with Gasteiger partial charge in [-0.3, -0.25) is 14.2 Å². The standard InChI is InChI=1S/C22H17N3O4S2/c1-13-3-2-4-15(9-13)25-21(27)20-16(7-8-30-20)24-22(25)31-11-19(26)23-14-5-6-17-18(10-14)29-12-28-17/h2-10H,11-12H2,1H3,(H,23,26). The summed E-state index contributed by atoms with van der Waals surface area (Å²) in [5.74, 6) is 1.15. The summed E-state index contributed by atoms with van der Waals surface area (Å²) < 4.78 is 12.8. The number of ether oxygens (including phenoxy) is 2. The molecule has 0 saturated heterocycles. The number of hydrogen-bond acceptors (Lipinski definition) is 7. The van der Waals surface area contributed by atoms with Gasteiger partial charge in [0.1, 0.15) is 4.70 Å². The number of aromatic nitrogens is 2. The molecule has 7 nitrogen and oxygen atoms in total. The summed E-state index contributed by atoms with van der Waals surface area (Å²) >= 11 is 2.59. The molecule has 3 heterocycles. The van der Waals surface area contributed by atoms with Crippen molar-refractivity contribution in [3.63, 3.8) is 0 Å². The lowest BCUT2D eigenvalue weighted by atomic mass is 10.2. The van der Waals surface area contributed by atoms with E-state index in [1.807, 2.05) is 42.6 Å². The molecule has 156 valence electrons. The summed E-state index contributed by atoms with van der Waals surface area (Å²) in [6.07, 6.45) is 0. The number of thiophene rings is 1. The van der Waals surface area contributed by atoms with Gasteiger partial charge in [0.25, 0.3) is 5.56 Å². The van der Waals surface area contributed by atoms with Gasteiger partial charge in [-0.1, -0.05) is 23.9 Å². The van der Waals surface area contributed by atoms with Gasteiger partial charge in [0.05, 0.1) is 17.0 Å². The molecule has 1 N–H and O–H groups in total. The van der Waals surface area contributed by atoms with Crippen molar-refractivity contribution in [2.45, 2.75) is 12.1 Å². The number of aryl methyl sites for hydroxylation is 1. The first-order valence-corrected chi connectivity index (χ1v) is 11.3. The second kappa shape index (κ2) is 8.09. The number of fused-ring (bicyclic) bond motifs is 2. The highest BCUT2D eigenvalue weighted by Crippen LogP contribution is 2.34. The number of hydrogen-bond donors (Lipinski definition) is 1. The van der Waals surface area contributed by atoms with Crippen LogP contribution in [0.25, 0.3) is 15.9 Å². The van der Waals surface area contributed by atoms with Gasteiger partial charge in [0.15, 0.2) is 16.7 Å². The molecule has 2 aromatic carbocycles. The van der Waals surface area contributed by atoms with E-state index in [0.717, 1.165) is 11.3 Å². The molecule has 0 aliphatic carbocycles. The number of anilines is 1. The Morgan fingerprint density at radius 3 is 2.94 bits per heavy atom. The summed E-state index contributed by atoms with van der Waals surface area (Å²) in [5, 5.41) is 5.17. The molecule has 9 heteroatoms. The quantitative estimate of drug-likeness (QED) is 0.362. The molecule has 4 aromatic rings. The van der Waals surface area contributed by atoms with Gasteiger partial charge in [-0.15, -0.1) is 11.3 Å². The Hall–Kier alpha value is -3.30. The van der Waals surface area contributed by atoms with Crippen molar-refractivity contribution in [2.24, 2.45) is 0 Å². The summed E-state index contributed by atoms with van der Waals surface area (Å²) in [7, 11) is 0. The van der Waals surface area contributed by atoms with E-state index >= 15 is 0 Å². The largest absolute Gasteiger partial charge is 0.454 e. The van der Waals surface area contributed by atoms with Crippen molar-refractivity contribution in [1.29, 1.82) is 0 Å². The lowest BCUT2D eigenvalue weighted by Gasteiger charge is -2.12. The minimum Gasteiger partial charge on any atom is -0.454 e. The molecule has 2 aromatic heterocycles. The summed E-state index contributed by atoms with van der Waals surface area (Å²) in [6.45, 7) is 2.15. The Bertz CT molecular complexity index is 1360. The molecule has 0 radical (unpaired) electrons. The molecule has 1 aliphatic heterocycles. The molecule has 0 fully saturated rings. The lowest BCUT2D eigenvalue weighted by Crippen LogP contribution is -2.22. The maximum atomic E-state index is 13.2. The summed E-state index contributed by atoms with van der Waals surface area (Å²) in [5.41, 5.74) is 2.88. The van der Waals surface area contributed by atoms with Crippen LogP contribution < -0.4 is 20.3 Å². The Kier molecular flexibility index (Phi) is 5.13. The normalized spacial score (nSPS) is 12.3. The van der Waals surface area contributed by atoms with E-state index in [1.54, 1.807) is 22.8 Å². The van der Waals surface area contributed by atoms with Crippen LogP contribution in [0.15, 0.2) is 63.9 Å². The van der Waals surface area contributed by atoms with Crippen LogP contribution in [0.2, 0.25) is 0 Å². The van der Waals surface area contributed by atoms with Crippen molar-refractivity contribution in [1.82, 2.24) is 9.55 Å². The fourth-order valence-corrected chi connectivity index (χ4v) is 4.86. The van der Waals surface area contributed by atoms with Gasteiger partial charge >= 0.3 is 0 Å². The van der Waals surface area contributed by atoms with Crippen molar-refractivity contribution in [3.8, 4) is 17.2 Å². The summed E-state index contributed by atoms with van der Waals surface area (Å²) in [4.78, 5) is 30.4. The van der Waals surface area contributed by atoms with Gasteiger partial charge in [0, 0.05) is 11.8 Å². The number of carbonyl (C=O) groups is 1. The third-order valence-corrected chi connectivity index (χ3v) is 6.53. The Balaban J connectivity index is 1.41. The van der Waals surface area contributed by atoms with Crippen LogP contribution in [0, 0.1) is 6.92 Å². The molecule has 0 atom stereocenters. The van der Waals surface area contributed by atoms with E-state index in [-0.39, 0.29) is 24.0 Å². The van der Waals surface area contributed by atoms with Crippen LogP contribution in [-0.2, 0) is 4.79 Å². The highest BCUT2D eigenvalue weighted by atomic mass is 32.2. The predicted octanol–water partition coefficient (Wildman–Crippen LogP) is 4.22. The molecule has 0 saturated carbocycles. The van der Waals surface area contributed by atoms with E-state index in [1.165, 1.54) is 23.1 Å². The van der Waals surface area contributed by atoms with Crippen molar-refractivity contribution in [3.05, 3.63) is 69.8 Å². The zero-order valence-electron chi connectivity index (χ0n) is 16.5. The first-order valence-electron chi connectivity index (χ1n) is 9.48. The van der Waals surface area contributed by atoms with Crippen LogP contribution in [0.3, 0.4) is 0 Å². The van der Waals surface area contributed by atoms with Gasteiger partial charge in [-0.2, -0.15) is 0 Å². The molecule has 1 amide bonds. The lowest BCUT2D eigenvalue weighted by molar-refractivity contribution is -0.113. The second-order valence-electron chi connectivity index (χ2n) is 6.91. The number of rotatable bonds is 5. The van der Waals surface area contributed by atoms with Crippen LogP contribution in [0.4, 0.5) is 5.69 Å². The first-order chi connectivity index (χ1) is 15.1. The van der Waals surface area contributed by atoms with Gasteiger partial charge < -0.3 is 14.8 Å². The van der Waals surface area contributed by atoms with Gasteiger partial charge in [0.2, 0.25) is 12.7 Å². The maximum Gasteiger partial charge on any atom is 0.276 e. The number of benzene rings is 2. The molecule has 1 aliphatic rings. The maximum absolute atomic E-state index is 13.2. The van der Waals surface area contributed by atoms with Gasteiger partial charge in [-0.05, 0) is 48.2 Å². The first kappa shape index (κ1) is 19.7.